The number of halogens is 4. The van der Waals surface area contributed by atoms with Gasteiger partial charge in [0.2, 0.25) is 5.95 Å². The second-order valence-electron chi connectivity index (χ2n) is 8.62. The average molecular weight is 414 g/mol. The lowest BCUT2D eigenvalue weighted by Gasteiger charge is -2.46. The maximum atomic E-state index is 14.4. The van der Waals surface area contributed by atoms with Crippen LogP contribution in [0.1, 0.15) is 31.0 Å². The summed E-state index contributed by atoms with van der Waals surface area (Å²) >= 11 is 0. The van der Waals surface area contributed by atoms with Gasteiger partial charge in [0, 0.05) is 31.5 Å². The molecule has 2 aliphatic carbocycles. The number of esters is 1. The monoisotopic (exact) mass is 414 g/mol. The van der Waals surface area contributed by atoms with Gasteiger partial charge in [-0.3, -0.25) is 4.79 Å². The molecule has 0 bridgehead atoms. The summed E-state index contributed by atoms with van der Waals surface area (Å²) in [5.74, 6) is -4.94. The molecule has 0 aromatic carbocycles. The van der Waals surface area contributed by atoms with Crippen LogP contribution < -0.4 is 9.80 Å². The summed E-state index contributed by atoms with van der Waals surface area (Å²) in [6, 6.07) is -1.13. The molecule has 0 N–H and O–H groups in total. The molecule has 3 heterocycles. The smallest absolute Gasteiger partial charge is 0.305 e. The molecular formula is C19H22F4N4O2. The van der Waals surface area contributed by atoms with Crippen LogP contribution in [0.15, 0.2) is 0 Å². The molecule has 1 aromatic rings. The van der Waals surface area contributed by atoms with Crippen LogP contribution in [0.2, 0.25) is 0 Å². The van der Waals surface area contributed by atoms with E-state index in [2.05, 4.69) is 9.97 Å². The van der Waals surface area contributed by atoms with Gasteiger partial charge in [0.1, 0.15) is 11.5 Å². The quantitative estimate of drug-likeness (QED) is 0.558. The first-order valence-electron chi connectivity index (χ1n) is 9.88. The lowest BCUT2D eigenvalue weighted by Crippen LogP contribution is -2.64. The standard InChI is InChI=1S/C19H22F4N4O2/c1-9-19(22,23)8-27(9)17-24-15-10(3-4-18(15,20)21)16(25-17)26-6-12-11(13(12)7-26)5-14(28)29-2/h9,11-13H,3-8H2,1-2H3/t9?,11?,12-,13+. The van der Waals surface area contributed by atoms with Gasteiger partial charge < -0.3 is 14.5 Å². The van der Waals surface area contributed by atoms with Crippen LogP contribution in [0.25, 0.3) is 0 Å². The number of anilines is 2. The highest BCUT2D eigenvalue weighted by Crippen LogP contribution is 2.55. The Hall–Kier alpha value is -2.13. The number of methoxy groups -OCH3 is 1. The summed E-state index contributed by atoms with van der Waals surface area (Å²) in [4.78, 5) is 23.2. The van der Waals surface area contributed by atoms with Crippen LogP contribution in [0, 0.1) is 17.8 Å². The molecule has 3 fully saturated rings. The van der Waals surface area contributed by atoms with E-state index >= 15 is 0 Å². The first-order chi connectivity index (χ1) is 13.6. The van der Waals surface area contributed by atoms with Crippen LogP contribution in [-0.2, 0) is 21.9 Å². The van der Waals surface area contributed by atoms with E-state index in [1.807, 2.05) is 4.90 Å². The molecule has 6 nitrogen and oxygen atoms in total. The van der Waals surface area contributed by atoms with Gasteiger partial charge in [-0.05, 0) is 31.1 Å². The molecule has 4 aliphatic rings. The Morgan fingerprint density at radius 3 is 2.48 bits per heavy atom. The van der Waals surface area contributed by atoms with E-state index in [9.17, 15) is 22.4 Å². The van der Waals surface area contributed by atoms with Gasteiger partial charge in [-0.25, -0.2) is 13.8 Å². The van der Waals surface area contributed by atoms with Gasteiger partial charge in [-0.1, -0.05) is 0 Å². The van der Waals surface area contributed by atoms with Crippen molar-refractivity contribution in [1.82, 2.24) is 9.97 Å². The van der Waals surface area contributed by atoms with Crippen molar-refractivity contribution >= 4 is 17.7 Å². The van der Waals surface area contributed by atoms with Gasteiger partial charge in [-0.15, -0.1) is 0 Å². The van der Waals surface area contributed by atoms with E-state index in [0.29, 0.717) is 42.7 Å². The first-order valence-corrected chi connectivity index (χ1v) is 9.88. The zero-order chi connectivity index (χ0) is 20.7. The Labute approximate surface area is 165 Å². The number of nitrogens with zero attached hydrogens (tertiary/aromatic N) is 4. The summed E-state index contributed by atoms with van der Waals surface area (Å²) in [7, 11) is 1.36. The Morgan fingerprint density at radius 1 is 1.21 bits per heavy atom. The highest BCUT2D eigenvalue weighted by atomic mass is 19.3. The van der Waals surface area contributed by atoms with Crippen molar-refractivity contribution in [2.45, 2.75) is 44.1 Å². The van der Waals surface area contributed by atoms with E-state index in [-0.39, 0.29) is 36.4 Å². The third-order valence-electron chi connectivity index (χ3n) is 7.03. The van der Waals surface area contributed by atoms with Crippen molar-refractivity contribution in [3.8, 4) is 0 Å². The maximum Gasteiger partial charge on any atom is 0.305 e. The molecule has 2 unspecified atom stereocenters. The predicted octanol–water partition coefficient (Wildman–Crippen LogP) is 2.60. The van der Waals surface area contributed by atoms with Crippen LogP contribution in [0.5, 0.6) is 0 Å². The van der Waals surface area contributed by atoms with Crippen LogP contribution in [0.4, 0.5) is 29.3 Å². The van der Waals surface area contributed by atoms with Crippen LogP contribution >= 0.6 is 0 Å². The fourth-order valence-electron chi connectivity index (χ4n) is 5.04. The third kappa shape index (κ3) is 2.78. The average Bonchev–Trinajstić information content (AvgIpc) is 3.01. The number of alkyl halides is 4. The normalized spacial score (nSPS) is 33.2. The molecule has 1 aromatic heterocycles. The topological polar surface area (TPSA) is 58.6 Å². The molecule has 4 atom stereocenters. The molecule has 0 radical (unpaired) electrons. The lowest BCUT2D eigenvalue weighted by molar-refractivity contribution is -0.141. The van der Waals surface area contributed by atoms with Crippen LogP contribution in [-0.4, -0.2) is 54.6 Å². The lowest BCUT2D eigenvalue weighted by atomic mass is 10.0. The number of piperidine rings is 1. The number of carbonyl (C=O) groups excluding carboxylic acids is 1. The number of fused-ring (bicyclic) bond motifs is 2. The predicted molar refractivity (Wildman–Crippen MR) is 95.3 cm³/mol. The zero-order valence-corrected chi connectivity index (χ0v) is 16.2. The van der Waals surface area contributed by atoms with Gasteiger partial charge >= 0.3 is 5.97 Å². The Bertz CT molecular complexity index is 868. The minimum Gasteiger partial charge on any atom is -0.469 e. The number of hydrogen-bond donors (Lipinski definition) is 0. The zero-order valence-electron chi connectivity index (χ0n) is 16.2. The van der Waals surface area contributed by atoms with E-state index in [1.165, 1.54) is 18.9 Å². The van der Waals surface area contributed by atoms with Gasteiger partial charge in [0.25, 0.3) is 11.8 Å². The minimum atomic E-state index is -3.07. The third-order valence-corrected chi connectivity index (χ3v) is 7.03. The SMILES string of the molecule is COC(=O)CC1[C@H]2CN(c3nc(N4CC(F)(F)C4C)nc4c3CCC4(F)F)C[C@@H]12. The summed E-state index contributed by atoms with van der Waals surface area (Å²) < 4.78 is 60.8. The second-order valence-corrected chi connectivity index (χ2v) is 8.62. The summed E-state index contributed by atoms with van der Waals surface area (Å²) in [6.07, 6.45) is 0.192. The highest BCUT2D eigenvalue weighted by Gasteiger charge is 2.58. The van der Waals surface area contributed by atoms with E-state index in [0.717, 1.165) is 0 Å². The van der Waals surface area contributed by atoms with Crippen molar-refractivity contribution in [2.75, 3.05) is 36.5 Å². The number of hydrogen-bond acceptors (Lipinski definition) is 6. The summed E-state index contributed by atoms with van der Waals surface area (Å²) in [5, 5.41) is 0. The Balaban J connectivity index is 1.42. The van der Waals surface area contributed by atoms with E-state index in [1.54, 1.807) is 0 Å². The van der Waals surface area contributed by atoms with Gasteiger partial charge in [-0.2, -0.15) is 13.8 Å². The molecule has 10 heteroatoms. The van der Waals surface area contributed by atoms with E-state index in [4.69, 9.17) is 4.74 Å². The number of aromatic nitrogens is 2. The van der Waals surface area contributed by atoms with Gasteiger partial charge in [0.15, 0.2) is 0 Å². The first kappa shape index (κ1) is 18.9. The molecule has 1 saturated carbocycles. The van der Waals surface area contributed by atoms with Crippen LogP contribution in [0.3, 0.4) is 0 Å². The number of ether oxygens (including phenoxy) is 1. The van der Waals surface area contributed by atoms with Crippen molar-refractivity contribution in [3.63, 3.8) is 0 Å². The molecule has 2 aliphatic heterocycles. The summed E-state index contributed by atoms with van der Waals surface area (Å²) in [5.41, 5.74) is 0.0936. The second kappa shape index (κ2) is 5.95. The van der Waals surface area contributed by atoms with Gasteiger partial charge in [0.05, 0.1) is 19.7 Å². The van der Waals surface area contributed by atoms with Crippen molar-refractivity contribution < 1.29 is 27.1 Å². The fraction of sp³-hybridized carbons (Fsp3) is 0.737. The van der Waals surface area contributed by atoms with Crippen molar-refractivity contribution in [3.05, 3.63) is 11.3 Å². The minimum absolute atomic E-state index is 0.0505. The molecule has 29 heavy (non-hydrogen) atoms. The Morgan fingerprint density at radius 2 is 1.90 bits per heavy atom. The molecule has 158 valence electrons. The largest absolute Gasteiger partial charge is 0.469 e. The van der Waals surface area contributed by atoms with E-state index < -0.39 is 24.4 Å². The molecule has 2 saturated heterocycles. The Kier molecular flexibility index (Phi) is 3.87. The highest BCUT2D eigenvalue weighted by molar-refractivity contribution is 5.70. The molecule has 0 amide bonds. The fourth-order valence-corrected chi connectivity index (χ4v) is 5.04. The summed E-state index contributed by atoms with van der Waals surface area (Å²) in [6.45, 7) is 2.02. The molecular weight excluding hydrogens is 392 g/mol. The van der Waals surface area contributed by atoms with Crippen molar-refractivity contribution in [1.29, 1.82) is 0 Å². The number of rotatable bonds is 4. The maximum absolute atomic E-state index is 14.4. The number of carbonyl (C=O) groups is 1. The molecule has 5 rings (SSSR count). The molecule has 0 spiro atoms. The van der Waals surface area contributed by atoms with Crippen molar-refractivity contribution in [2.24, 2.45) is 17.8 Å².